The topological polar surface area (TPSA) is 58.6 Å². The molecule has 0 fully saturated rings. The first kappa shape index (κ1) is 17.5. The maximum atomic E-state index is 12.7. The van der Waals surface area contributed by atoms with Gasteiger partial charge in [0.15, 0.2) is 0 Å². The Hall–Kier alpha value is -2.34. The monoisotopic (exact) mass is 358 g/mol. The maximum Gasteiger partial charge on any atom is 0.408 e. The number of rotatable bonds is 4. The molecule has 25 heavy (non-hydrogen) atoms. The summed E-state index contributed by atoms with van der Waals surface area (Å²) in [5.41, 5.74) is 2.12. The summed E-state index contributed by atoms with van der Waals surface area (Å²) in [4.78, 5) is 27.8. The Kier molecular flexibility index (Phi) is 5.38. The van der Waals surface area contributed by atoms with Crippen molar-refractivity contribution in [2.24, 2.45) is 0 Å². The highest BCUT2D eigenvalue weighted by molar-refractivity contribution is 7.10. The number of amides is 2. The van der Waals surface area contributed by atoms with Crippen LogP contribution in [0.1, 0.15) is 35.9 Å². The van der Waals surface area contributed by atoms with Crippen molar-refractivity contribution in [3.63, 3.8) is 0 Å². The third kappa shape index (κ3) is 4.02. The van der Waals surface area contributed by atoms with E-state index in [0.717, 1.165) is 12.0 Å². The predicted octanol–water partition coefficient (Wildman–Crippen LogP) is 3.51. The van der Waals surface area contributed by atoms with Crippen LogP contribution >= 0.6 is 11.3 Å². The molecule has 1 aromatic heterocycles. The Morgan fingerprint density at radius 1 is 1.32 bits per heavy atom. The summed E-state index contributed by atoms with van der Waals surface area (Å²) in [7, 11) is 0. The quantitative estimate of drug-likeness (QED) is 0.910. The summed E-state index contributed by atoms with van der Waals surface area (Å²) in [6.07, 6.45) is 0.291. The first-order valence-electron chi connectivity index (χ1n) is 8.40. The molecule has 0 aliphatic carbocycles. The van der Waals surface area contributed by atoms with Crippen molar-refractivity contribution in [1.29, 1.82) is 0 Å². The average molecular weight is 358 g/mol. The largest absolute Gasteiger partial charge is 0.445 e. The van der Waals surface area contributed by atoms with Crippen molar-refractivity contribution in [3.8, 4) is 0 Å². The van der Waals surface area contributed by atoms with Crippen LogP contribution in [0.2, 0.25) is 0 Å². The molecule has 1 aromatic carbocycles. The fourth-order valence-electron chi connectivity index (χ4n) is 3.06. The lowest BCUT2D eigenvalue weighted by atomic mass is 10.0. The Balaban J connectivity index is 1.53. The van der Waals surface area contributed by atoms with Crippen LogP contribution in [0.3, 0.4) is 0 Å². The number of carbonyl (C=O) groups is 2. The lowest BCUT2D eigenvalue weighted by molar-refractivity contribution is -0.135. The van der Waals surface area contributed by atoms with E-state index in [2.05, 4.69) is 16.8 Å². The molecule has 1 aliphatic rings. The average Bonchev–Trinajstić information content (AvgIpc) is 3.10. The fraction of sp³-hybridized carbons (Fsp3) is 0.368. The van der Waals surface area contributed by atoms with Crippen molar-refractivity contribution < 1.29 is 14.3 Å². The van der Waals surface area contributed by atoms with E-state index in [1.54, 1.807) is 18.3 Å². The van der Waals surface area contributed by atoms with Crippen molar-refractivity contribution in [2.45, 2.75) is 39.0 Å². The molecule has 2 heterocycles. The number of fused-ring (bicyclic) bond motifs is 1. The van der Waals surface area contributed by atoms with Crippen molar-refractivity contribution >= 4 is 23.3 Å². The fourth-order valence-corrected chi connectivity index (χ4v) is 4.03. The molecule has 0 bridgehead atoms. The zero-order valence-electron chi connectivity index (χ0n) is 14.4. The second-order valence-electron chi connectivity index (χ2n) is 6.18. The van der Waals surface area contributed by atoms with E-state index in [9.17, 15) is 9.59 Å². The van der Waals surface area contributed by atoms with Crippen LogP contribution in [0.15, 0.2) is 41.8 Å². The predicted molar refractivity (Wildman–Crippen MR) is 97.4 cm³/mol. The van der Waals surface area contributed by atoms with Gasteiger partial charge in [0.1, 0.15) is 12.6 Å². The molecule has 6 heteroatoms. The molecule has 1 N–H and O–H groups in total. The van der Waals surface area contributed by atoms with Gasteiger partial charge in [-0.05, 0) is 42.8 Å². The maximum absolute atomic E-state index is 12.7. The number of carbonyl (C=O) groups excluding carboxylic acids is 2. The third-order valence-corrected chi connectivity index (χ3v) is 5.47. The molecular weight excluding hydrogens is 336 g/mol. The van der Waals surface area contributed by atoms with E-state index in [0.29, 0.717) is 6.54 Å². The van der Waals surface area contributed by atoms with Gasteiger partial charge in [-0.15, -0.1) is 11.3 Å². The van der Waals surface area contributed by atoms with E-state index >= 15 is 0 Å². The zero-order chi connectivity index (χ0) is 17.8. The lowest BCUT2D eigenvalue weighted by Gasteiger charge is -2.35. The van der Waals surface area contributed by atoms with Crippen LogP contribution in [0.4, 0.5) is 4.79 Å². The van der Waals surface area contributed by atoms with E-state index in [1.807, 2.05) is 42.2 Å². The molecule has 5 nitrogen and oxygen atoms in total. The number of hydrogen-bond acceptors (Lipinski definition) is 4. The third-order valence-electron chi connectivity index (χ3n) is 4.48. The van der Waals surface area contributed by atoms with Crippen LogP contribution in [-0.4, -0.2) is 29.5 Å². The smallest absolute Gasteiger partial charge is 0.408 e. The molecule has 0 saturated carbocycles. The first-order valence-corrected chi connectivity index (χ1v) is 9.28. The van der Waals surface area contributed by atoms with Gasteiger partial charge in [0.2, 0.25) is 5.91 Å². The first-order chi connectivity index (χ1) is 12.1. The molecule has 2 atom stereocenters. The van der Waals surface area contributed by atoms with E-state index < -0.39 is 12.1 Å². The van der Waals surface area contributed by atoms with Gasteiger partial charge in [-0.25, -0.2) is 4.79 Å². The van der Waals surface area contributed by atoms with E-state index in [1.165, 1.54) is 10.4 Å². The van der Waals surface area contributed by atoms with Crippen LogP contribution < -0.4 is 5.32 Å². The molecule has 0 saturated heterocycles. The van der Waals surface area contributed by atoms with Crippen LogP contribution in [0, 0.1) is 0 Å². The number of alkyl carbamates (subject to hydrolysis) is 1. The molecule has 3 rings (SSSR count). The summed E-state index contributed by atoms with van der Waals surface area (Å²) >= 11 is 1.74. The van der Waals surface area contributed by atoms with Crippen molar-refractivity contribution in [1.82, 2.24) is 10.2 Å². The Bertz CT molecular complexity index is 744. The molecule has 0 radical (unpaired) electrons. The van der Waals surface area contributed by atoms with Crippen molar-refractivity contribution in [3.05, 3.63) is 57.8 Å². The molecular formula is C19H22N2O3S. The van der Waals surface area contributed by atoms with E-state index in [4.69, 9.17) is 4.74 Å². The summed E-state index contributed by atoms with van der Waals surface area (Å²) in [5.74, 6) is -0.0824. The van der Waals surface area contributed by atoms with Gasteiger partial charge in [-0.2, -0.15) is 0 Å². The number of thiophene rings is 1. The summed E-state index contributed by atoms with van der Waals surface area (Å²) in [5, 5.41) is 4.70. The molecule has 0 unspecified atom stereocenters. The SMILES string of the molecule is C[C@@H](NC(=O)OCc1ccccc1)C(=O)N1CCc2sccc2[C@@H]1C. The van der Waals surface area contributed by atoms with Gasteiger partial charge >= 0.3 is 6.09 Å². The van der Waals surface area contributed by atoms with Crippen LogP contribution in [0.25, 0.3) is 0 Å². The number of ether oxygens (including phenoxy) is 1. The number of nitrogens with one attached hydrogen (secondary N) is 1. The normalized spacial score (nSPS) is 17.5. The standard InChI is InChI=1S/C19H22N2O3S/c1-13(20-19(23)24-12-15-6-4-3-5-7-15)18(22)21-10-8-17-16(14(21)2)9-11-25-17/h3-7,9,11,13-14H,8,10,12H2,1-2H3,(H,20,23)/t13-,14+/m1/s1. The van der Waals surface area contributed by atoms with Crippen LogP contribution in [0.5, 0.6) is 0 Å². The van der Waals surface area contributed by atoms with Crippen LogP contribution in [-0.2, 0) is 22.6 Å². The zero-order valence-corrected chi connectivity index (χ0v) is 15.2. The molecule has 132 valence electrons. The minimum absolute atomic E-state index is 0.0343. The second-order valence-corrected chi connectivity index (χ2v) is 7.19. The highest BCUT2D eigenvalue weighted by atomic mass is 32.1. The van der Waals surface area contributed by atoms with Gasteiger partial charge < -0.3 is 15.0 Å². The summed E-state index contributed by atoms with van der Waals surface area (Å²) in [6.45, 7) is 4.59. The van der Waals surface area contributed by atoms with Gasteiger partial charge in [0, 0.05) is 11.4 Å². The number of benzene rings is 1. The Labute approximate surface area is 151 Å². The highest BCUT2D eigenvalue weighted by Gasteiger charge is 2.31. The molecule has 1 aliphatic heterocycles. The van der Waals surface area contributed by atoms with Gasteiger partial charge in [0.05, 0.1) is 6.04 Å². The highest BCUT2D eigenvalue weighted by Crippen LogP contribution is 2.33. The second kappa shape index (κ2) is 7.70. The number of hydrogen-bond donors (Lipinski definition) is 1. The minimum atomic E-state index is -0.620. The van der Waals surface area contributed by atoms with E-state index in [-0.39, 0.29) is 18.6 Å². The van der Waals surface area contributed by atoms with Gasteiger partial charge in [-0.1, -0.05) is 30.3 Å². The molecule has 0 spiro atoms. The Morgan fingerprint density at radius 3 is 2.84 bits per heavy atom. The summed E-state index contributed by atoms with van der Waals surface area (Å²) in [6, 6.07) is 10.9. The minimum Gasteiger partial charge on any atom is -0.445 e. The van der Waals surface area contributed by atoms with Crippen molar-refractivity contribution in [2.75, 3.05) is 6.54 Å². The summed E-state index contributed by atoms with van der Waals surface area (Å²) < 4.78 is 5.19. The van der Waals surface area contributed by atoms with Gasteiger partial charge in [-0.3, -0.25) is 4.79 Å². The molecule has 2 amide bonds. The lowest BCUT2D eigenvalue weighted by Crippen LogP contribution is -2.49. The Morgan fingerprint density at radius 2 is 2.08 bits per heavy atom. The number of nitrogens with zero attached hydrogens (tertiary/aromatic N) is 1. The molecule has 2 aromatic rings. The van der Waals surface area contributed by atoms with Gasteiger partial charge in [0.25, 0.3) is 0 Å².